The summed E-state index contributed by atoms with van der Waals surface area (Å²) in [5, 5.41) is 3.67. The largest absolute Gasteiger partial charge is 0.311 e. The summed E-state index contributed by atoms with van der Waals surface area (Å²) in [6.45, 7) is 13.1. The number of hydrogen-bond donors (Lipinski definition) is 1. The first-order valence-corrected chi connectivity index (χ1v) is 7.89. The molecule has 2 rings (SSSR count). The van der Waals surface area contributed by atoms with E-state index in [0.29, 0.717) is 12.1 Å². The molecule has 0 aliphatic carbocycles. The smallest absolute Gasteiger partial charge is 0.0347 e. The fraction of sp³-hybridized carbons (Fsp3) is 1.00. The van der Waals surface area contributed by atoms with E-state index in [2.05, 4.69) is 48.0 Å². The third kappa shape index (κ3) is 4.71. The maximum absolute atomic E-state index is 3.67. The van der Waals surface area contributed by atoms with Gasteiger partial charge >= 0.3 is 0 Å². The zero-order valence-electron chi connectivity index (χ0n) is 13.2. The normalized spacial score (nSPS) is 32.1. The highest BCUT2D eigenvalue weighted by atomic mass is 15.3. The van der Waals surface area contributed by atoms with Gasteiger partial charge in [-0.3, -0.25) is 9.80 Å². The molecule has 112 valence electrons. The molecule has 2 aliphatic heterocycles. The molecule has 2 saturated heterocycles. The molecule has 1 N–H and O–H groups in total. The lowest BCUT2D eigenvalue weighted by molar-refractivity contribution is 0.0705. The van der Waals surface area contributed by atoms with E-state index in [4.69, 9.17) is 0 Å². The Morgan fingerprint density at radius 2 is 1.89 bits per heavy atom. The van der Waals surface area contributed by atoms with Gasteiger partial charge in [-0.05, 0) is 26.4 Å². The maximum Gasteiger partial charge on any atom is 0.0347 e. The van der Waals surface area contributed by atoms with Crippen molar-refractivity contribution in [2.45, 2.75) is 32.4 Å². The number of hydrogen-bond acceptors (Lipinski definition) is 4. The predicted molar refractivity (Wildman–Crippen MR) is 81.6 cm³/mol. The van der Waals surface area contributed by atoms with Crippen LogP contribution in [0.25, 0.3) is 0 Å². The predicted octanol–water partition coefficient (Wildman–Crippen LogP) is 0.552. The minimum absolute atomic E-state index is 0.695. The molecule has 2 atom stereocenters. The van der Waals surface area contributed by atoms with E-state index in [1.54, 1.807) is 0 Å². The number of rotatable bonds is 4. The summed E-state index contributed by atoms with van der Waals surface area (Å²) in [5.41, 5.74) is 0. The number of nitrogens with one attached hydrogen (secondary N) is 1. The van der Waals surface area contributed by atoms with Crippen LogP contribution in [0.4, 0.5) is 0 Å². The lowest BCUT2D eigenvalue weighted by atomic mass is 10.0. The van der Waals surface area contributed by atoms with Gasteiger partial charge in [0, 0.05) is 57.9 Å². The molecule has 0 saturated carbocycles. The molecule has 0 spiro atoms. The summed E-state index contributed by atoms with van der Waals surface area (Å²) < 4.78 is 0. The third-order valence-electron chi connectivity index (χ3n) is 4.54. The Morgan fingerprint density at radius 3 is 2.63 bits per heavy atom. The summed E-state index contributed by atoms with van der Waals surface area (Å²) in [7, 11) is 4.53. The molecule has 2 fully saturated rings. The minimum atomic E-state index is 0.695. The molecule has 4 heteroatoms. The van der Waals surface area contributed by atoms with Crippen molar-refractivity contribution in [2.24, 2.45) is 5.92 Å². The molecular weight excluding hydrogens is 236 g/mol. The van der Waals surface area contributed by atoms with Gasteiger partial charge in [0.25, 0.3) is 0 Å². The lowest BCUT2D eigenvalue weighted by Gasteiger charge is -2.42. The molecular formula is C15H32N4. The van der Waals surface area contributed by atoms with E-state index >= 15 is 0 Å². The molecule has 2 heterocycles. The SMILES string of the molecule is CC(C)CC1CN(CC2CN(C)CCN2C)CCN1. The van der Waals surface area contributed by atoms with Gasteiger partial charge < -0.3 is 10.2 Å². The molecule has 0 aromatic heterocycles. The first-order valence-electron chi connectivity index (χ1n) is 7.89. The van der Waals surface area contributed by atoms with Crippen LogP contribution >= 0.6 is 0 Å². The zero-order chi connectivity index (χ0) is 13.8. The standard InChI is InChI=1S/C15H32N4/c1-13(2)9-14-10-19(6-5-16-14)12-15-11-17(3)7-8-18(15)4/h13-16H,5-12H2,1-4H3. The van der Waals surface area contributed by atoms with Crippen molar-refractivity contribution in [3.05, 3.63) is 0 Å². The van der Waals surface area contributed by atoms with Crippen LogP contribution in [-0.4, -0.2) is 86.7 Å². The van der Waals surface area contributed by atoms with E-state index < -0.39 is 0 Å². The summed E-state index contributed by atoms with van der Waals surface area (Å²) in [4.78, 5) is 7.68. The van der Waals surface area contributed by atoms with Crippen LogP contribution in [0.5, 0.6) is 0 Å². The van der Waals surface area contributed by atoms with Crippen LogP contribution < -0.4 is 5.32 Å². The van der Waals surface area contributed by atoms with Crippen molar-refractivity contribution >= 4 is 0 Å². The van der Waals surface area contributed by atoms with Crippen molar-refractivity contribution < 1.29 is 0 Å². The Morgan fingerprint density at radius 1 is 1.11 bits per heavy atom. The van der Waals surface area contributed by atoms with Gasteiger partial charge in [-0.1, -0.05) is 13.8 Å². The van der Waals surface area contributed by atoms with Gasteiger partial charge in [0.2, 0.25) is 0 Å². The van der Waals surface area contributed by atoms with E-state index in [1.165, 1.54) is 45.7 Å². The van der Waals surface area contributed by atoms with Gasteiger partial charge in [0.1, 0.15) is 0 Å². The lowest BCUT2D eigenvalue weighted by Crippen LogP contribution is -2.58. The molecule has 0 bridgehead atoms. The van der Waals surface area contributed by atoms with Gasteiger partial charge in [0.15, 0.2) is 0 Å². The summed E-state index contributed by atoms with van der Waals surface area (Å²) >= 11 is 0. The highest BCUT2D eigenvalue weighted by Crippen LogP contribution is 2.12. The summed E-state index contributed by atoms with van der Waals surface area (Å²) in [6.07, 6.45) is 1.30. The fourth-order valence-electron chi connectivity index (χ4n) is 3.38. The number of likely N-dealkylation sites (N-methyl/N-ethyl adjacent to an activating group) is 2. The van der Waals surface area contributed by atoms with Crippen LogP contribution in [0.3, 0.4) is 0 Å². The van der Waals surface area contributed by atoms with Crippen LogP contribution in [0.15, 0.2) is 0 Å². The molecule has 2 aliphatic rings. The summed E-state index contributed by atoms with van der Waals surface area (Å²) in [6, 6.07) is 1.40. The Labute approximate surface area is 119 Å². The van der Waals surface area contributed by atoms with Crippen LogP contribution in [0, 0.1) is 5.92 Å². The van der Waals surface area contributed by atoms with Crippen molar-refractivity contribution in [3.63, 3.8) is 0 Å². The Bertz CT molecular complexity index is 269. The van der Waals surface area contributed by atoms with Gasteiger partial charge in [-0.2, -0.15) is 0 Å². The molecule has 19 heavy (non-hydrogen) atoms. The van der Waals surface area contributed by atoms with E-state index in [9.17, 15) is 0 Å². The third-order valence-corrected chi connectivity index (χ3v) is 4.54. The minimum Gasteiger partial charge on any atom is -0.311 e. The van der Waals surface area contributed by atoms with E-state index in [0.717, 1.165) is 12.5 Å². The molecule has 2 unspecified atom stereocenters. The first kappa shape index (κ1) is 15.2. The van der Waals surface area contributed by atoms with Crippen LogP contribution in [-0.2, 0) is 0 Å². The second kappa shape index (κ2) is 7.02. The second-order valence-corrected chi connectivity index (χ2v) is 6.94. The quantitative estimate of drug-likeness (QED) is 0.804. The van der Waals surface area contributed by atoms with Gasteiger partial charge in [-0.25, -0.2) is 0 Å². The molecule has 0 radical (unpaired) electrons. The van der Waals surface area contributed by atoms with Crippen molar-refractivity contribution in [1.29, 1.82) is 0 Å². The monoisotopic (exact) mass is 268 g/mol. The number of nitrogens with zero attached hydrogens (tertiary/aromatic N) is 3. The molecule has 4 nitrogen and oxygen atoms in total. The van der Waals surface area contributed by atoms with Crippen molar-refractivity contribution in [1.82, 2.24) is 20.0 Å². The summed E-state index contributed by atoms with van der Waals surface area (Å²) in [5.74, 6) is 0.793. The van der Waals surface area contributed by atoms with E-state index in [-0.39, 0.29) is 0 Å². The topological polar surface area (TPSA) is 21.8 Å². The Balaban J connectivity index is 1.81. The van der Waals surface area contributed by atoms with Gasteiger partial charge in [0.05, 0.1) is 0 Å². The second-order valence-electron chi connectivity index (χ2n) is 6.94. The van der Waals surface area contributed by atoms with Crippen molar-refractivity contribution in [3.8, 4) is 0 Å². The average molecular weight is 268 g/mol. The molecule has 0 aromatic rings. The zero-order valence-corrected chi connectivity index (χ0v) is 13.2. The van der Waals surface area contributed by atoms with E-state index in [1.807, 2.05) is 0 Å². The van der Waals surface area contributed by atoms with Gasteiger partial charge in [-0.15, -0.1) is 0 Å². The maximum atomic E-state index is 3.67. The van der Waals surface area contributed by atoms with Crippen LogP contribution in [0.2, 0.25) is 0 Å². The molecule has 0 amide bonds. The Kier molecular flexibility index (Phi) is 5.63. The highest BCUT2D eigenvalue weighted by molar-refractivity contribution is 4.85. The fourth-order valence-corrected chi connectivity index (χ4v) is 3.38. The molecule has 0 aromatic carbocycles. The van der Waals surface area contributed by atoms with Crippen LogP contribution in [0.1, 0.15) is 20.3 Å². The average Bonchev–Trinajstić information content (AvgIpc) is 2.33. The Hall–Kier alpha value is -0.160. The highest BCUT2D eigenvalue weighted by Gasteiger charge is 2.27. The number of piperazine rings is 2. The first-order chi connectivity index (χ1) is 9.04. The van der Waals surface area contributed by atoms with Crippen molar-refractivity contribution in [2.75, 3.05) is 59.9 Å².